The molecule has 0 N–H and O–H groups in total. The van der Waals surface area contributed by atoms with Crippen molar-refractivity contribution in [2.24, 2.45) is 0 Å². The molecule has 0 heterocycles. The molecular weight excluding hydrogens is 183 g/mol. The van der Waals surface area contributed by atoms with E-state index >= 15 is 0 Å². The SMILES string of the molecule is CCOC(C)=O.CO[P+](=O)OC. The van der Waals surface area contributed by atoms with Gasteiger partial charge in [0.25, 0.3) is 0 Å². The third-order valence-electron chi connectivity index (χ3n) is 0.646. The Morgan fingerprint density at radius 2 is 1.75 bits per heavy atom. The highest BCUT2D eigenvalue weighted by atomic mass is 31.1. The van der Waals surface area contributed by atoms with Gasteiger partial charge in [-0.2, -0.15) is 0 Å². The summed E-state index contributed by atoms with van der Waals surface area (Å²) in [6.45, 7) is 3.65. The molecule has 0 fully saturated rings. The lowest BCUT2D eigenvalue weighted by Gasteiger charge is -1.89. The van der Waals surface area contributed by atoms with E-state index in [2.05, 4.69) is 13.8 Å². The molecule has 0 radical (unpaired) electrons. The highest BCUT2D eigenvalue weighted by Crippen LogP contribution is 2.18. The third kappa shape index (κ3) is 16.2. The first kappa shape index (κ1) is 14.0. The zero-order chi connectivity index (χ0) is 9.98. The summed E-state index contributed by atoms with van der Waals surface area (Å²) >= 11 is 0. The normalized spacial score (nSPS) is 8.00. The third-order valence-corrected chi connectivity index (χ3v) is 1.24. The maximum absolute atomic E-state index is 9.88. The number of hydrogen-bond donors (Lipinski definition) is 0. The van der Waals surface area contributed by atoms with Crippen molar-refractivity contribution in [2.45, 2.75) is 13.8 Å². The van der Waals surface area contributed by atoms with E-state index in [1.165, 1.54) is 21.1 Å². The summed E-state index contributed by atoms with van der Waals surface area (Å²) in [6.07, 6.45) is 0. The first-order chi connectivity index (χ1) is 5.58. The minimum absolute atomic E-state index is 0.211. The van der Waals surface area contributed by atoms with Gasteiger partial charge < -0.3 is 4.74 Å². The molecule has 12 heavy (non-hydrogen) atoms. The van der Waals surface area contributed by atoms with Crippen molar-refractivity contribution in [2.75, 3.05) is 20.8 Å². The van der Waals surface area contributed by atoms with Crippen molar-refractivity contribution < 1.29 is 23.1 Å². The monoisotopic (exact) mass is 197 g/mol. The zero-order valence-corrected chi connectivity index (χ0v) is 8.59. The van der Waals surface area contributed by atoms with E-state index in [0.29, 0.717) is 6.61 Å². The van der Waals surface area contributed by atoms with E-state index in [9.17, 15) is 9.36 Å². The second-order valence-corrected chi connectivity index (χ2v) is 2.69. The molecule has 0 aliphatic heterocycles. The van der Waals surface area contributed by atoms with Crippen LogP contribution in [0.5, 0.6) is 0 Å². The van der Waals surface area contributed by atoms with Crippen LogP contribution in [0.1, 0.15) is 13.8 Å². The first-order valence-corrected chi connectivity index (χ1v) is 4.36. The summed E-state index contributed by atoms with van der Waals surface area (Å²) in [5.41, 5.74) is 0. The predicted octanol–water partition coefficient (Wildman–Crippen LogP) is 1.51. The van der Waals surface area contributed by atoms with Crippen LogP contribution in [0.2, 0.25) is 0 Å². The summed E-state index contributed by atoms with van der Waals surface area (Å²) in [7, 11) is 0.817. The lowest BCUT2D eigenvalue weighted by molar-refractivity contribution is -0.140. The Morgan fingerprint density at radius 3 is 1.75 bits per heavy atom. The van der Waals surface area contributed by atoms with E-state index in [-0.39, 0.29) is 5.97 Å². The summed E-state index contributed by atoms with van der Waals surface area (Å²) in [5.74, 6) is -0.211. The molecule has 72 valence electrons. The van der Waals surface area contributed by atoms with Gasteiger partial charge in [-0.3, -0.25) is 4.79 Å². The van der Waals surface area contributed by atoms with Gasteiger partial charge in [0.2, 0.25) is 0 Å². The van der Waals surface area contributed by atoms with Crippen LogP contribution in [0.15, 0.2) is 0 Å². The molecule has 0 unspecified atom stereocenters. The molecule has 0 bridgehead atoms. The van der Waals surface area contributed by atoms with Crippen molar-refractivity contribution in [1.82, 2.24) is 0 Å². The molecule has 0 amide bonds. The Hall–Kier alpha value is -0.510. The van der Waals surface area contributed by atoms with Crippen molar-refractivity contribution >= 4 is 14.2 Å². The van der Waals surface area contributed by atoms with Crippen molar-refractivity contribution in [3.63, 3.8) is 0 Å². The van der Waals surface area contributed by atoms with Crippen molar-refractivity contribution in [3.8, 4) is 0 Å². The quantitative estimate of drug-likeness (QED) is 0.506. The molecular formula is C6H14O5P+. The van der Waals surface area contributed by atoms with Gasteiger partial charge in [0.15, 0.2) is 0 Å². The van der Waals surface area contributed by atoms with Crippen LogP contribution in [0, 0.1) is 0 Å². The molecule has 0 rings (SSSR count). The summed E-state index contributed by atoms with van der Waals surface area (Å²) in [6, 6.07) is 0. The van der Waals surface area contributed by atoms with E-state index in [1.54, 1.807) is 6.92 Å². The van der Waals surface area contributed by atoms with E-state index in [1.807, 2.05) is 0 Å². The number of rotatable bonds is 3. The average molecular weight is 197 g/mol. The summed E-state index contributed by atoms with van der Waals surface area (Å²) in [4.78, 5) is 9.82. The lowest BCUT2D eigenvalue weighted by Crippen LogP contribution is -1.95. The molecule has 0 atom stereocenters. The predicted molar refractivity (Wildman–Crippen MR) is 43.9 cm³/mol. The van der Waals surface area contributed by atoms with Gasteiger partial charge in [-0.1, -0.05) is 0 Å². The molecule has 0 aromatic rings. The van der Waals surface area contributed by atoms with Gasteiger partial charge in [0.1, 0.15) is 0 Å². The molecule has 6 heteroatoms. The van der Waals surface area contributed by atoms with Crippen LogP contribution < -0.4 is 0 Å². The fourth-order valence-corrected chi connectivity index (χ4v) is 0.427. The second kappa shape index (κ2) is 10.5. The Morgan fingerprint density at radius 1 is 1.33 bits per heavy atom. The van der Waals surface area contributed by atoms with Crippen LogP contribution in [0.4, 0.5) is 0 Å². The fraction of sp³-hybridized carbons (Fsp3) is 0.833. The second-order valence-electron chi connectivity index (χ2n) is 1.51. The molecule has 5 nitrogen and oxygen atoms in total. The van der Waals surface area contributed by atoms with Crippen LogP contribution in [0.25, 0.3) is 0 Å². The maximum atomic E-state index is 9.88. The Bertz CT molecular complexity index is 130. The molecule has 0 aliphatic rings. The summed E-state index contributed by atoms with van der Waals surface area (Å²) < 4.78 is 22.7. The van der Waals surface area contributed by atoms with Gasteiger partial charge in [-0.15, -0.1) is 9.05 Å². The number of ether oxygens (including phenoxy) is 1. The first-order valence-electron chi connectivity index (χ1n) is 3.27. The molecule has 0 aromatic carbocycles. The van der Waals surface area contributed by atoms with Gasteiger partial charge in [-0.05, 0) is 6.92 Å². The van der Waals surface area contributed by atoms with Crippen LogP contribution in [-0.2, 0) is 23.1 Å². The number of hydrogen-bond acceptors (Lipinski definition) is 5. The van der Waals surface area contributed by atoms with Crippen LogP contribution in [-0.4, -0.2) is 26.8 Å². The topological polar surface area (TPSA) is 61.8 Å². The van der Waals surface area contributed by atoms with Gasteiger partial charge in [0, 0.05) is 11.5 Å². The Kier molecular flexibility index (Phi) is 12.3. The minimum atomic E-state index is -1.83. The highest BCUT2D eigenvalue weighted by molar-refractivity contribution is 7.33. The average Bonchev–Trinajstić information content (AvgIpc) is 2.04. The number of carbonyl (C=O) groups excluding carboxylic acids is 1. The van der Waals surface area contributed by atoms with E-state index in [0.717, 1.165) is 0 Å². The Labute approximate surface area is 72.9 Å². The maximum Gasteiger partial charge on any atom is 0.696 e. The number of esters is 1. The zero-order valence-electron chi connectivity index (χ0n) is 7.70. The van der Waals surface area contributed by atoms with Gasteiger partial charge in [0.05, 0.1) is 20.8 Å². The number of carbonyl (C=O) groups is 1. The van der Waals surface area contributed by atoms with E-state index in [4.69, 9.17) is 0 Å². The lowest BCUT2D eigenvalue weighted by atomic mass is 10.8. The highest BCUT2D eigenvalue weighted by Gasteiger charge is 2.10. The smallest absolute Gasteiger partial charge is 0.466 e. The molecule has 0 spiro atoms. The fourth-order valence-electron chi connectivity index (χ4n) is 0.278. The largest absolute Gasteiger partial charge is 0.696 e. The molecule has 0 saturated carbocycles. The summed E-state index contributed by atoms with van der Waals surface area (Å²) in [5, 5.41) is 0. The molecule has 0 saturated heterocycles. The Balaban J connectivity index is 0. The van der Waals surface area contributed by atoms with Gasteiger partial charge >= 0.3 is 14.2 Å². The van der Waals surface area contributed by atoms with Crippen LogP contribution in [0.3, 0.4) is 0 Å². The van der Waals surface area contributed by atoms with E-state index < -0.39 is 8.25 Å². The van der Waals surface area contributed by atoms with Gasteiger partial charge in [-0.25, -0.2) is 0 Å². The molecule has 0 aliphatic carbocycles. The van der Waals surface area contributed by atoms with Crippen LogP contribution >= 0.6 is 8.25 Å². The minimum Gasteiger partial charge on any atom is -0.466 e. The van der Waals surface area contributed by atoms with Crippen molar-refractivity contribution in [3.05, 3.63) is 0 Å². The standard InChI is InChI=1S/C4H8O2.C2H6O3P/c1-3-6-4(2)5;1-4-6(3)5-2/h3H2,1-2H3;1-2H3/q;+1. The molecule has 0 aromatic heterocycles. The van der Waals surface area contributed by atoms with Crippen molar-refractivity contribution in [1.29, 1.82) is 0 Å².